The van der Waals surface area contributed by atoms with Crippen LogP contribution < -0.4 is 0 Å². The summed E-state index contributed by atoms with van der Waals surface area (Å²) in [5.41, 5.74) is -0.809. The first-order chi connectivity index (χ1) is 9.81. The number of carbonyl (C=O) groups is 1. The molecule has 21 heavy (non-hydrogen) atoms. The number of alkyl halides is 4. The molecule has 1 aliphatic heterocycles. The van der Waals surface area contributed by atoms with Crippen molar-refractivity contribution < 1.29 is 22.7 Å². The van der Waals surface area contributed by atoms with Gasteiger partial charge in [0, 0.05) is 18.7 Å². The summed E-state index contributed by atoms with van der Waals surface area (Å²) in [5, 5.41) is 0. The standard InChI is InChI=1S/C14H15ClF3NO2/c1-9-7-19(8-12(6-15)21-9)13(20)10-3-2-4-11(5-10)14(16,17)18/h2-5,9,12H,6-8H2,1H3. The second kappa shape index (κ2) is 6.23. The molecule has 0 N–H and O–H groups in total. The van der Waals surface area contributed by atoms with Crippen molar-refractivity contribution in [3.63, 3.8) is 0 Å². The molecule has 1 saturated heterocycles. The van der Waals surface area contributed by atoms with Crippen molar-refractivity contribution in [3.8, 4) is 0 Å². The molecular weight excluding hydrogens is 307 g/mol. The van der Waals surface area contributed by atoms with Crippen LogP contribution in [0.1, 0.15) is 22.8 Å². The molecule has 116 valence electrons. The van der Waals surface area contributed by atoms with Gasteiger partial charge in [-0.25, -0.2) is 0 Å². The molecule has 1 aromatic carbocycles. The van der Waals surface area contributed by atoms with Gasteiger partial charge in [-0.3, -0.25) is 4.79 Å². The highest BCUT2D eigenvalue weighted by molar-refractivity contribution is 6.18. The van der Waals surface area contributed by atoms with E-state index >= 15 is 0 Å². The molecule has 0 aliphatic carbocycles. The molecule has 1 amide bonds. The fraction of sp³-hybridized carbons (Fsp3) is 0.500. The molecule has 0 saturated carbocycles. The van der Waals surface area contributed by atoms with Crippen molar-refractivity contribution >= 4 is 17.5 Å². The number of benzene rings is 1. The van der Waals surface area contributed by atoms with Gasteiger partial charge in [-0.05, 0) is 25.1 Å². The van der Waals surface area contributed by atoms with Gasteiger partial charge in [0.25, 0.3) is 5.91 Å². The van der Waals surface area contributed by atoms with Crippen molar-refractivity contribution in [1.82, 2.24) is 4.90 Å². The molecular formula is C14H15ClF3NO2. The minimum absolute atomic E-state index is 0.0206. The van der Waals surface area contributed by atoms with Crippen LogP contribution in [0.25, 0.3) is 0 Å². The summed E-state index contributed by atoms with van der Waals surface area (Å²) in [6.45, 7) is 2.41. The summed E-state index contributed by atoms with van der Waals surface area (Å²) in [4.78, 5) is 13.8. The van der Waals surface area contributed by atoms with E-state index in [4.69, 9.17) is 16.3 Å². The summed E-state index contributed by atoms with van der Waals surface area (Å²) < 4.78 is 43.6. The van der Waals surface area contributed by atoms with Crippen LogP contribution in [0.2, 0.25) is 0 Å². The summed E-state index contributed by atoms with van der Waals surface area (Å²) in [6.07, 6.45) is -4.96. The van der Waals surface area contributed by atoms with E-state index in [9.17, 15) is 18.0 Å². The predicted molar refractivity (Wildman–Crippen MR) is 72.4 cm³/mol. The van der Waals surface area contributed by atoms with Gasteiger partial charge in [-0.1, -0.05) is 6.07 Å². The Labute approximate surface area is 125 Å². The zero-order chi connectivity index (χ0) is 15.6. The van der Waals surface area contributed by atoms with E-state index in [0.29, 0.717) is 6.54 Å². The number of halogens is 4. The molecule has 0 bridgehead atoms. The normalized spacial score (nSPS) is 23.2. The van der Waals surface area contributed by atoms with Gasteiger partial charge in [0.05, 0.1) is 23.7 Å². The fourth-order valence-electron chi connectivity index (χ4n) is 2.31. The van der Waals surface area contributed by atoms with Crippen LogP contribution in [0.5, 0.6) is 0 Å². The Morgan fingerprint density at radius 1 is 1.43 bits per heavy atom. The molecule has 3 nitrogen and oxygen atoms in total. The van der Waals surface area contributed by atoms with E-state index in [1.54, 1.807) is 6.92 Å². The van der Waals surface area contributed by atoms with Crippen molar-refractivity contribution in [2.24, 2.45) is 0 Å². The number of ether oxygens (including phenoxy) is 1. The minimum atomic E-state index is -4.47. The monoisotopic (exact) mass is 321 g/mol. The van der Waals surface area contributed by atoms with Gasteiger partial charge in [0.15, 0.2) is 0 Å². The maximum atomic E-state index is 12.7. The Morgan fingerprint density at radius 2 is 2.14 bits per heavy atom. The highest BCUT2D eigenvalue weighted by atomic mass is 35.5. The second-order valence-corrected chi connectivity index (χ2v) is 5.32. The van der Waals surface area contributed by atoms with Gasteiger partial charge >= 0.3 is 6.18 Å². The van der Waals surface area contributed by atoms with Crippen molar-refractivity contribution in [2.75, 3.05) is 19.0 Å². The third-order valence-electron chi connectivity index (χ3n) is 3.22. The summed E-state index contributed by atoms with van der Waals surface area (Å²) in [5.74, 6) is -0.206. The number of rotatable bonds is 2. The summed E-state index contributed by atoms with van der Waals surface area (Å²) in [6, 6.07) is 4.44. The highest BCUT2D eigenvalue weighted by Gasteiger charge is 2.32. The quantitative estimate of drug-likeness (QED) is 0.783. The lowest BCUT2D eigenvalue weighted by Crippen LogP contribution is -2.49. The number of hydrogen-bond acceptors (Lipinski definition) is 2. The zero-order valence-electron chi connectivity index (χ0n) is 11.4. The van der Waals surface area contributed by atoms with Crippen LogP contribution in [0.15, 0.2) is 24.3 Å². The Balaban J connectivity index is 2.20. The molecule has 0 radical (unpaired) electrons. The van der Waals surface area contributed by atoms with E-state index < -0.39 is 17.6 Å². The largest absolute Gasteiger partial charge is 0.416 e. The smallest absolute Gasteiger partial charge is 0.370 e. The van der Waals surface area contributed by atoms with E-state index in [-0.39, 0.29) is 30.2 Å². The number of carbonyl (C=O) groups excluding carboxylic acids is 1. The van der Waals surface area contributed by atoms with Crippen LogP contribution in [0, 0.1) is 0 Å². The van der Waals surface area contributed by atoms with Gasteiger partial charge < -0.3 is 9.64 Å². The van der Waals surface area contributed by atoms with E-state index in [1.165, 1.54) is 17.0 Å². The lowest BCUT2D eigenvalue weighted by atomic mass is 10.1. The van der Waals surface area contributed by atoms with Crippen LogP contribution >= 0.6 is 11.6 Å². The van der Waals surface area contributed by atoms with Crippen LogP contribution in [-0.2, 0) is 10.9 Å². The first kappa shape index (κ1) is 16.1. The Morgan fingerprint density at radius 3 is 2.76 bits per heavy atom. The maximum absolute atomic E-state index is 12.7. The molecule has 1 aromatic rings. The topological polar surface area (TPSA) is 29.5 Å². The highest BCUT2D eigenvalue weighted by Crippen LogP contribution is 2.30. The molecule has 1 fully saturated rings. The molecule has 0 aromatic heterocycles. The third kappa shape index (κ3) is 3.89. The van der Waals surface area contributed by atoms with Crippen molar-refractivity contribution in [2.45, 2.75) is 25.3 Å². The summed E-state index contributed by atoms with van der Waals surface area (Å²) in [7, 11) is 0. The van der Waals surface area contributed by atoms with Gasteiger partial charge in [-0.15, -0.1) is 11.6 Å². The van der Waals surface area contributed by atoms with Gasteiger partial charge in [0.2, 0.25) is 0 Å². The molecule has 2 unspecified atom stereocenters. The van der Waals surface area contributed by atoms with Crippen LogP contribution in [0.4, 0.5) is 13.2 Å². The molecule has 7 heteroatoms. The minimum Gasteiger partial charge on any atom is -0.370 e. The fourth-order valence-corrected chi connectivity index (χ4v) is 2.48. The average Bonchev–Trinajstić information content (AvgIpc) is 2.45. The first-order valence-corrected chi connectivity index (χ1v) is 7.02. The number of hydrogen-bond donors (Lipinski definition) is 0. The van der Waals surface area contributed by atoms with Crippen molar-refractivity contribution in [3.05, 3.63) is 35.4 Å². The first-order valence-electron chi connectivity index (χ1n) is 6.49. The third-order valence-corrected chi connectivity index (χ3v) is 3.57. The Bertz CT molecular complexity index is 521. The van der Waals surface area contributed by atoms with E-state index in [1.807, 2.05) is 0 Å². The number of amides is 1. The average molecular weight is 322 g/mol. The number of nitrogens with zero attached hydrogens (tertiary/aromatic N) is 1. The number of morpholine rings is 1. The molecule has 1 heterocycles. The van der Waals surface area contributed by atoms with Gasteiger partial charge in [-0.2, -0.15) is 13.2 Å². The Kier molecular flexibility index (Phi) is 4.78. The molecule has 2 atom stereocenters. The summed E-state index contributed by atoms with van der Waals surface area (Å²) >= 11 is 5.73. The second-order valence-electron chi connectivity index (χ2n) is 5.01. The van der Waals surface area contributed by atoms with Crippen LogP contribution in [-0.4, -0.2) is 42.0 Å². The lowest BCUT2D eigenvalue weighted by Gasteiger charge is -2.36. The van der Waals surface area contributed by atoms with Gasteiger partial charge in [0.1, 0.15) is 0 Å². The molecule has 2 rings (SSSR count). The maximum Gasteiger partial charge on any atom is 0.416 e. The lowest BCUT2D eigenvalue weighted by molar-refractivity contribution is -0.137. The predicted octanol–water partition coefficient (Wildman–Crippen LogP) is 3.17. The van der Waals surface area contributed by atoms with Crippen LogP contribution in [0.3, 0.4) is 0 Å². The zero-order valence-corrected chi connectivity index (χ0v) is 12.1. The Hall–Kier alpha value is -1.27. The van der Waals surface area contributed by atoms with Crippen molar-refractivity contribution in [1.29, 1.82) is 0 Å². The van der Waals surface area contributed by atoms with E-state index in [2.05, 4.69) is 0 Å². The molecule has 0 spiro atoms. The molecule has 1 aliphatic rings. The SMILES string of the molecule is CC1CN(C(=O)c2cccc(C(F)(F)F)c2)CC(CCl)O1. The van der Waals surface area contributed by atoms with E-state index in [0.717, 1.165) is 12.1 Å².